The lowest BCUT2D eigenvalue weighted by Gasteiger charge is -2.34. The molecule has 0 bridgehead atoms. The maximum Gasteiger partial charge on any atom is 0.224 e. The van der Waals surface area contributed by atoms with E-state index in [9.17, 15) is 4.39 Å². The first kappa shape index (κ1) is 20.8. The van der Waals surface area contributed by atoms with Gasteiger partial charge >= 0.3 is 0 Å². The molecule has 2 aromatic heterocycles. The van der Waals surface area contributed by atoms with Crippen molar-refractivity contribution < 1.29 is 13.9 Å². The SMILES string of the molecule is CN=C(NCc1cccnc1Oc1cccc(F)c1)N1CCOC(c2cnn(C)c2)C1. The normalized spacial score (nSPS) is 16.9. The number of morpholine rings is 1. The van der Waals surface area contributed by atoms with Crippen molar-refractivity contribution in [1.82, 2.24) is 25.0 Å². The van der Waals surface area contributed by atoms with Gasteiger partial charge in [0.05, 0.1) is 19.3 Å². The molecule has 1 saturated heterocycles. The third-order valence-corrected chi connectivity index (χ3v) is 4.97. The number of hydrogen-bond donors (Lipinski definition) is 1. The number of guanidine groups is 1. The zero-order chi connectivity index (χ0) is 21.6. The number of halogens is 1. The molecule has 3 aromatic rings. The highest BCUT2D eigenvalue weighted by molar-refractivity contribution is 5.80. The number of ether oxygens (including phenoxy) is 2. The van der Waals surface area contributed by atoms with Gasteiger partial charge in [-0.2, -0.15) is 5.10 Å². The number of rotatable bonds is 5. The predicted octanol–water partition coefficient (Wildman–Crippen LogP) is 2.90. The third-order valence-electron chi connectivity index (χ3n) is 4.97. The molecule has 1 aliphatic heterocycles. The molecule has 0 amide bonds. The molecule has 0 radical (unpaired) electrons. The van der Waals surface area contributed by atoms with Gasteiger partial charge < -0.3 is 19.7 Å². The number of hydrogen-bond acceptors (Lipinski definition) is 5. The van der Waals surface area contributed by atoms with Crippen molar-refractivity contribution in [2.24, 2.45) is 12.0 Å². The fourth-order valence-electron chi connectivity index (χ4n) is 3.45. The number of aryl methyl sites for hydroxylation is 1. The molecule has 0 aliphatic carbocycles. The minimum absolute atomic E-state index is 0.0636. The molecule has 1 aliphatic rings. The van der Waals surface area contributed by atoms with Crippen molar-refractivity contribution in [1.29, 1.82) is 0 Å². The number of benzene rings is 1. The number of nitrogens with zero attached hydrogens (tertiary/aromatic N) is 5. The van der Waals surface area contributed by atoms with E-state index in [4.69, 9.17) is 9.47 Å². The highest BCUT2D eigenvalue weighted by Gasteiger charge is 2.25. The molecule has 0 saturated carbocycles. The standard InChI is InChI=1S/C22H25FN6O2/c1-24-22(29-9-10-30-20(15-29)17-13-27-28(2)14-17)26-12-16-5-4-8-25-21(16)31-19-7-3-6-18(23)11-19/h3-8,11,13-14,20H,9-10,12,15H2,1-2H3,(H,24,26). The van der Waals surface area contributed by atoms with Gasteiger partial charge in [0.1, 0.15) is 17.7 Å². The molecule has 31 heavy (non-hydrogen) atoms. The van der Waals surface area contributed by atoms with Gasteiger partial charge in [-0.05, 0) is 18.2 Å². The van der Waals surface area contributed by atoms with Crippen LogP contribution >= 0.6 is 0 Å². The van der Waals surface area contributed by atoms with Gasteiger partial charge in [-0.3, -0.25) is 9.67 Å². The first-order valence-corrected chi connectivity index (χ1v) is 10.1. The molecule has 1 atom stereocenters. The summed E-state index contributed by atoms with van der Waals surface area (Å²) in [5.74, 6) is 1.23. The average molecular weight is 424 g/mol. The Bertz CT molecular complexity index is 1050. The van der Waals surface area contributed by atoms with Crippen LogP contribution < -0.4 is 10.1 Å². The highest BCUT2D eigenvalue weighted by Crippen LogP contribution is 2.24. The second kappa shape index (κ2) is 9.57. The first-order chi connectivity index (χ1) is 15.1. The zero-order valence-corrected chi connectivity index (χ0v) is 17.5. The highest BCUT2D eigenvalue weighted by atomic mass is 19.1. The van der Waals surface area contributed by atoms with Gasteiger partial charge in [-0.15, -0.1) is 0 Å². The topological polar surface area (TPSA) is 76.8 Å². The van der Waals surface area contributed by atoms with Crippen molar-refractivity contribution in [3.8, 4) is 11.6 Å². The van der Waals surface area contributed by atoms with Crippen LogP contribution in [0.1, 0.15) is 17.2 Å². The number of aliphatic imine (C=N–C) groups is 1. The van der Waals surface area contributed by atoms with Crippen molar-refractivity contribution in [2.75, 3.05) is 26.7 Å². The summed E-state index contributed by atoms with van der Waals surface area (Å²) in [7, 11) is 3.65. The Balaban J connectivity index is 1.42. The molecular weight excluding hydrogens is 399 g/mol. The van der Waals surface area contributed by atoms with Crippen LogP contribution in [0.15, 0.2) is 60.0 Å². The molecule has 162 valence electrons. The number of aromatic nitrogens is 3. The zero-order valence-electron chi connectivity index (χ0n) is 17.5. The minimum Gasteiger partial charge on any atom is -0.439 e. The van der Waals surface area contributed by atoms with E-state index in [-0.39, 0.29) is 11.9 Å². The molecule has 4 rings (SSSR count). The van der Waals surface area contributed by atoms with E-state index < -0.39 is 0 Å². The van der Waals surface area contributed by atoms with Crippen LogP contribution in [0.25, 0.3) is 0 Å². The van der Waals surface area contributed by atoms with Crippen molar-refractivity contribution >= 4 is 5.96 Å². The van der Waals surface area contributed by atoms with Gasteiger partial charge in [0.25, 0.3) is 0 Å². The average Bonchev–Trinajstić information content (AvgIpc) is 3.22. The molecule has 0 spiro atoms. The lowest BCUT2D eigenvalue weighted by atomic mass is 10.1. The summed E-state index contributed by atoms with van der Waals surface area (Å²) in [5.41, 5.74) is 1.88. The van der Waals surface area contributed by atoms with Gasteiger partial charge in [0.15, 0.2) is 5.96 Å². The van der Waals surface area contributed by atoms with E-state index in [1.165, 1.54) is 12.1 Å². The second-order valence-corrected chi connectivity index (χ2v) is 7.18. The summed E-state index contributed by atoms with van der Waals surface area (Å²) in [6.45, 7) is 2.46. The van der Waals surface area contributed by atoms with Gasteiger partial charge in [0, 0.05) is 56.8 Å². The Hall–Kier alpha value is -3.46. The Morgan fingerprint density at radius 2 is 2.26 bits per heavy atom. The quantitative estimate of drug-likeness (QED) is 0.501. The van der Waals surface area contributed by atoms with E-state index in [0.717, 1.165) is 23.6 Å². The molecular formula is C22H25FN6O2. The maximum absolute atomic E-state index is 13.5. The molecule has 9 heteroatoms. The Morgan fingerprint density at radius 1 is 1.35 bits per heavy atom. The van der Waals surface area contributed by atoms with Crippen LogP contribution in [0.5, 0.6) is 11.6 Å². The monoisotopic (exact) mass is 424 g/mol. The predicted molar refractivity (Wildman–Crippen MR) is 114 cm³/mol. The summed E-state index contributed by atoms with van der Waals surface area (Å²) >= 11 is 0. The van der Waals surface area contributed by atoms with Gasteiger partial charge in [-0.1, -0.05) is 12.1 Å². The van der Waals surface area contributed by atoms with E-state index >= 15 is 0 Å². The minimum atomic E-state index is -0.357. The van der Waals surface area contributed by atoms with Crippen molar-refractivity contribution in [3.05, 3.63) is 71.9 Å². The Kier molecular flexibility index (Phi) is 6.42. The van der Waals surface area contributed by atoms with Gasteiger partial charge in [0.2, 0.25) is 5.88 Å². The van der Waals surface area contributed by atoms with Crippen LogP contribution in [-0.2, 0) is 18.3 Å². The molecule has 8 nitrogen and oxygen atoms in total. The summed E-state index contributed by atoms with van der Waals surface area (Å²) in [6.07, 6.45) is 5.38. The van der Waals surface area contributed by atoms with E-state index in [1.807, 2.05) is 31.6 Å². The Morgan fingerprint density at radius 3 is 3.03 bits per heavy atom. The van der Waals surface area contributed by atoms with E-state index in [1.54, 1.807) is 30.1 Å². The molecule has 1 N–H and O–H groups in total. The van der Waals surface area contributed by atoms with Crippen LogP contribution in [0, 0.1) is 5.82 Å². The third kappa shape index (κ3) is 5.18. The fourth-order valence-corrected chi connectivity index (χ4v) is 3.45. The molecule has 1 unspecified atom stereocenters. The van der Waals surface area contributed by atoms with Crippen molar-refractivity contribution in [3.63, 3.8) is 0 Å². The molecule has 1 aromatic carbocycles. The Labute approximate surface area is 180 Å². The summed E-state index contributed by atoms with van der Waals surface area (Å²) in [6, 6.07) is 9.76. The van der Waals surface area contributed by atoms with Crippen molar-refractivity contribution in [2.45, 2.75) is 12.6 Å². The molecule has 3 heterocycles. The molecule has 1 fully saturated rings. The summed E-state index contributed by atoms with van der Waals surface area (Å²) in [4.78, 5) is 10.9. The lowest BCUT2D eigenvalue weighted by Crippen LogP contribution is -2.47. The fraction of sp³-hybridized carbons (Fsp3) is 0.318. The van der Waals surface area contributed by atoms with Crippen LogP contribution in [0.3, 0.4) is 0 Å². The van der Waals surface area contributed by atoms with Crippen LogP contribution in [0.4, 0.5) is 4.39 Å². The smallest absolute Gasteiger partial charge is 0.224 e. The number of nitrogens with one attached hydrogen (secondary N) is 1. The summed E-state index contributed by atoms with van der Waals surface area (Å²) in [5, 5.41) is 7.61. The summed E-state index contributed by atoms with van der Waals surface area (Å²) < 4.78 is 27.0. The lowest BCUT2D eigenvalue weighted by molar-refractivity contribution is -0.00805. The number of pyridine rings is 1. The second-order valence-electron chi connectivity index (χ2n) is 7.18. The van der Waals surface area contributed by atoms with E-state index in [2.05, 4.69) is 25.3 Å². The van der Waals surface area contributed by atoms with Gasteiger partial charge in [-0.25, -0.2) is 9.37 Å². The largest absolute Gasteiger partial charge is 0.439 e. The van der Waals surface area contributed by atoms with Crippen LogP contribution in [0.2, 0.25) is 0 Å². The first-order valence-electron chi connectivity index (χ1n) is 10.1. The van der Waals surface area contributed by atoms with E-state index in [0.29, 0.717) is 31.3 Å². The van der Waals surface area contributed by atoms with Crippen LogP contribution in [-0.4, -0.2) is 52.4 Å². The maximum atomic E-state index is 13.5.